The Morgan fingerprint density at radius 1 is 1.00 bits per heavy atom. The Labute approximate surface area is 180 Å². The molecule has 1 aromatic heterocycles. The van der Waals surface area contributed by atoms with Crippen LogP contribution in [0.4, 0.5) is 5.13 Å². The molecule has 0 saturated carbocycles. The van der Waals surface area contributed by atoms with Gasteiger partial charge in [-0.3, -0.25) is 4.79 Å². The molecule has 3 rings (SSSR count). The maximum Gasteiger partial charge on any atom is 0.270 e. The largest absolute Gasteiger partial charge is 0.300 e. The zero-order chi connectivity index (χ0) is 21.9. The van der Waals surface area contributed by atoms with Crippen LogP contribution in [0.5, 0.6) is 0 Å². The molecule has 1 atom stereocenters. The summed E-state index contributed by atoms with van der Waals surface area (Å²) in [5.74, 6) is -0.266. The molecule has 0 aliphatic carbocycles. The molecule has 1 amide bonds. The second-order valence-corrected chi connectivity index (χ2v) is 10.8. The van der Waals surface area contributed by atoms with Crippen LogP contribution in [0.2, 0.25) is 0 Å². The molecule has 9 heteroatoms. The van der Waals surface area contributed by atoms with Crippen molar-refractivity contribution in [2.75, 3.05) is 5.32 Å². The van der Waals surface area contributed by atoms with Crippen LogP contribution in [0.1, 0.15) is 43.5 Å². The van der Waals surface area contributed by atoms with E-state index < -0.39 is 21.5 Å². The van der Waals surface area contributed by atoms with Gasteiger partial charge >= 0.3 is 0 Å². The van der Waals surface area contributed by atoms with E-state index in [4.69, 9.17) is 0 Å². The fraction of sp³-hybridized carbons (Fsp3) is 0.286. The maximum atomic E-state index is 13.1. The van der Waals surface area contributed by atoms with Gasteiger partial charge in [-0.25, -0.2) is 8.42 Å². The van der Waals surface area contributed by atoms with Crippen molar-refractivity contribution in [3.63, 3.8) is 0 Å². The first-order valence-electron chi connectivity index (χ1n) is 9.35. The van der Waals surface area contributed by atoms with Gasteiger partial charge in [0.1, 0.15) is 0 Å². The average molecular weight is 445 g/mol. The predicted molar refractivity (Wildman–Crippen MR) is 118 cm³/mol. The molecule has 1 unspecified atom stereocenters. The summed E-state index contributed by atoms with van der Waals surface area (Å²) in [6.07, 6.45) is 0. The van der Waals surface area contributed by atoms with Crippen LogP contribution in [0.15, 0.2) is 58.9 Å². The number of carbonyl (C=O) groups excluding carboxylic acids is 1. The molecule has 2 aromatic carbocycles. The van der Waals surface area contributed by atoms with Crippen molar-refractivity contribution in [2.45, 2.75) is 38.1 Å². The molecule has 0 saturated heterocycles. The summed E-state index contributed by atoms with van der Waals surface area (Å²) in [6.45, 7) is 7.23. The number of rotatable bonds is 6. The summed E-state index contributed by atoms with van der Waals surface area (Å²) in [4.78, 5) is 12.1. The number of benzene rings is 2. The van der Waals surface area contributed by atoms with E-state index in [1.807, 2.05) is 61.5 Å². The normalized spacial score (nSPS) is 13.1. The quantitative estimate of drug-likeness (QED) is 0.562. The minimum Gasteiger partial charge on any atom is -0.300 e. The molecule has 0 bridgehead atoms. The number of anilines is 1. The summed E-state index contributed by atoms with van der Waals surface area (Å²) in [6, 6.07) is 16.4. The minimum atomic E-state index is -3.98. The lowest BCUT2D eigenvalue weighted by atomic mass is 9.96. The fourth-order valence-electron chi connectivity index (χ4n) is 2.68. The average Bonchev–Trinajstić information content (AvgIpc) is 3.16. The van der Waals surface area contributed by atoms with Crippen molar-refractivity contribution in [2.24, 2.45) is 5.41 Å². The smallest absolute Gasteiger partial charge is 0.270 e. The third-order valence-electron chi connectivity index (χ3n) is 4.32. The van der Waals surface area contributed by atoms with Crippen LogP contribution in [-0.4, -0.2) is 24.5 Å². The Morgan fingerprint density at radius 3 is 2.30 bits per heavy atom. The van der Waals surface area contributed by atoms with Crippen LogP contribution in [0, 0.1) is 12.3 Å². The first kappa shape index (κ1) is 22.1. The van der Waals surface area contributed by atoms with Crippen molar-refractivity contribution in [1.82, 2.24) is 14.9 Å². The third-order valence-corrected chi connectivity index (χ3v) is 6.95. The first-order valence-corrected chi connectivity index (χ1v) is 11.6. The van der Waals surface area contributed by atoms with E-state index in [1.54, 1.807) is 20.8 Å². The lowest BCUT2D eigenvalue weighted by Crippen LogP contribution is -2.29. The van der Waals surface area contributed by atoms with Crippen molar-refractivity contribution in [1.29, 1.82) is 0 Å². The molecule has 0 aliphatic heterocycles. The Hall–Kier alpha value is -2.62. The molecule has 30 heavy (non-hydrogen) atoms. The Bertz CT molecular complexity index is 1140. The number of nitrogens with zero attached hydrogens (tertiary/aromatic N) is 2. The van der Waals surface area contributed by atoms with Crippen LogP contribution >= 0.6 is 11.3 Å². The highest BCUT2D eigenvalue weighted by atomic mass is 32.2. The zero-order valence-electron chi connectivity index (χ0n) is 17.2. The third kappa shape index (κ3) is 5.29. The first-order chi connectivity index (χ1) is 14.1. The topological polar surface area (TPSA) is 101 Å². The van der Waals surface area contributed by atoms with Gasteiger partial charge in [-0.15, -0.1) is 10.2 Å². The summed E-state index contributed by atoms with van der Waals surface area (Å²) < 4.78 is 28.6. The molecule has 2 N–H and O–H groups in total. The van der Waals surface area contributed by atoms with Crippen LogP contribution in [0.25, 0.3) is 0 Å². The lowest BCUT2D eigenvalue weighted by Gasteiger charge is -2.19. The number of nitrogens with one attached hydrogen (secondary N) is 2. The highest BCUT2D eigenvalue weighted by Crippen LogP contribution is 2.28. The number of hydrogen-bond donors (Lipinski definition) is 2. The summed E-state index contributed by atoms with van der Waals surface area (Å²) in [5, 5.41) is 10.4. The number of sulfonamides is 1. The van der Waals surface area contributed by atoms with Gasteiger partial charge in [0, 0.05) is 5.41 Å². The van der Waals surface area contributed by atoms with Gasteiger partial charge < -0.3 is 5.32 Å². The van der Waals surface area contributed by atoms with Crippen molar-refractivity contribution < 1.29 is 13.2 Å². The maximum absolute atomic E-state index is 13.1. The van der Waals surface area contributed by atoms with Gasteiger partial charge in [0.2, 0.25) is 15.4 Å². The van der Waals surface area contributed by atoms with E-state index in [0.29, 0.717) is 0 Å². The van der Waals surface area contributed by atoms with Gasteiger partial charge in [0.15, 0.2) is 0 Å². The molecular formula is C21H24N4O3S2. The van der Waals surface area contributed by atoms with Crippen LogP contribution < -0.4 is 10.0 Å². The van der Waals surface area contributed by atoms with Gasteiger partial charge in [-0.2, -0.15) is 4.72 Å². The number of aromatic nitrogens is 2. The van der Waals surface area contributed by atoms with E-state index in [1.165, 1.54) is 0 Å². The zero-order valence-corrected chi connectivity index (χ0v) is 18.8. The Balaban J connectivity index is 1.90. The van der Waals surface area contributed by atoms with Crippen LogP contribution in [0.3, 0.4) is 0 Å². The molecular weight excluding hydrogens is 420 g/mol. The monoisotopic (exact) mass is 444 g/mol. The highest BCUT2D eigenvalue weighted by molar-refractivity contribution is 7.91. The SMILES string of the molecule is Cc1cccc(C(NS(=O)(=O)c2nnc(NC(=O)C(C)(C)C)s2)c2ccccc2)c1. The molecule has 0 aliphatic rings. The second kappa shape index (κ2) is 8.63. The molecule has 0 radical (unpaired) electrons. The van der Waals surface area contributed by atoms with Gasteiger partial charge in [0.05, 0.1) is 6.04 Å². The summed E-state index contributed by atoms with van der Waals surface area (Å²) >= 11 is 0.815. The van der Waals surface area contributed by atoms with Crippen LogP contribution in [-0.2, 0) is 14.8 Å². The molecule has 3 aromatic rings. The van der Waals surface area contributed by atoms with E-state index in [0.717, 1.165) is 28.0 Å². The highest BCUT2D eigenvalue weighted by Gasteiger charge is 2.28. The van der Waals surface area contributed by atoms with E-state index >= 15 is 0 Å². The number of aryl methyl sites for hydroxylation is 1. The number of amides is 1. The van der Waals surface area contributed by atoms with E-state index in [9.17, 15) is 13.2 Å². The molecule has 7 nitrogen and oxygen atoms in total. The standard InChI is InChI=1S/C21H24N4O3S2/c1-14-9-8-12-16(13-14)17(15-10-6-5-7-11-15)25-30(27,28)20-24-23-19(29-20)22-18(26)21(2,3)4/h5-13,17,25H,1-4H3,(H,22,23,26). The Morgan fingerprint density at radius 2 is 1.67 bits per heavy atom. The van der Waals surface area contributed by atoms with Crippen molar-refractivity contribution in [3.05, 3.63) is 71.3 Å². The predicted octanol–water partition coefficient (Wildman–Crippen LogP) is 3.90. The number of hydrogen-bond acceptors (Lipinski definition) is 6. The molecule has 0 spiro atoms. The van der Waals surface area contributed by atoms with Crippen molar-refractivity contribution >= 4 is 32.4 Å². The number of carbonyl (C=O) groups is 1. The molecule has 158 valence electrons. The van der Waals surface area contributed by atoms with E-state index in [-0.39, 0.29) is 15.4 Å². The fourth-order valence-corrected chi connectivity index (χ4v) is 4.81. The van der Waals surface area contributed by atoms with Gasteiger partial charge in [-0.1, -0.05) is 92.3 Å². The second-order valence-electron chi connectivity index (χ2n) is 7.96. The summed E-state index contributed by atoms with van der Waals surface area (Å²) in [7, 11) is -3.98. The molecule has 0 fully saturated rings. The summed E-state index contributed by atoms with van der Waals surface area (Å²) in [5.41, 5.74) is 2.01. The van der Waals surface area contributed by atoms with Crippen molar-refractivity contribution in [3.8, 4) is 0 Å². The molecule has 1 heterocycles. The minimum absolute atomic E-state index is 0.141. The lowest BCUT2D eigenvalue weighted by molar-refractivity contribution is -0.123. The van der Waals surface area contributed by atoms with Gasteiger partial charge in [0.25, 0.3) is 10.0 Å². The van der Waals surface area contributed by atoms with E-state index in [2.05, 4.69) is 20.2 Å². The van der Waals surface area contributed by atoms with Gasteiger partial charge in [-0.05, 0) is 18.1 Å². The Kier molecular flexibility index (Phi) is 6.35.